The highest BCUT2D eigenvalue weighted by atomic mass is 19.1. The highest BCUT2D eigenvalue weighted by Crippen LogP contribution is 2.17. The number of carbonyl (C=O) groups excluding carboxylic acids is 1. The van der Waals surface area contributed by atoms with E-state index in [1.807, 2.05) is 6.07 Å². The van der Waals surface area contributed by atoms with Gasteiger partial charge >= 0.3 is 0 Å². The fourth-order valence-corrected chi connectivity index (χ4v) is 1.62. The Balaban J connectivity index is 2.30. The number of aromatic nitrogens is 1. The van der Waals surface area contributed by atoms with Gasteiger partial charge in [-0.3, -0.25) is 9.78 Å². The summed E-state index contributed by atoms with van der Waals surface area (Å²) >= 11 is 0. The molecule has 0 aliphatic heterocycles. The van der Waals surface area contributed by atoms with Crippen LogP contribution in [0.15, 0.2) is 36.5 Å². The van der Waals surface area contributed by atoms with Crippen LogP contribution in [0.2, 0.25) is 0 Å². The van der Waals surface area contributed by atoms with Crippen LogP contribution in [0.5, 0.6) is 0 Å². The molecule has 0 atom stereocenters. The lowest BCUT2D eigenvalue weighted by molar-refractivity contribution is 0.102. The maximum atomic E-state index is 13.0. The average Bonchev–Trinajstić information content (AvgIpc) is 2.41. The van der Waals surface area contributed by atoms with Gasteiger partial charge in [-0.15, -0.1) is 0 Å². The van der Waals surface area contributed by atoms with Crippen LogP contribution in [0.25, 0.3) is 0 Å². The topological polar surface area (TPSA) is 65.8 Å². The lowest BCUT2D eigenvalue weighted by atomic mass is 10.1. The molecule has 1 aromatic carbocycles. The third-order valence-electron chi connectivity index (χ3n) is 2.57. The number of nitrogens with zero attached hydrogens (tertiary/aromatic N) is 2. The second-order valence-corrected chi connectivity index (χ2v) is 3.92. The van der Waals surface area contributed by atoms with Crippen molar-refractivity contribution in [2.75, 3.05) is 5.32 Å². The standard InChI is InChI=1S/C14H10FN3O/c1-9-3-2-6-17-13(9)14(19)18-12-5-4-11(15)7-10(12)8-16/h2-7H,1H3,(H,18,19). The maximum absolute atomic E-state index is 13.0. The van der Waals surface area contributed by atoms with E-state index in [-0.39, 0.29) is 16.9 Å². The van der Waals surface area contributed by atoms with Crippen molar-refractivity contribution >= 4 is 11.6 Å². The normalized spacial score (nSPS) is 9.74. The molecule has 0 spiro atoms. The van der Waals surface area contributed by atoms with E-state index < -0.39 is 11.7 Å². The average molecular weight is 255 g/mol. The molecule has 19 heavy (non-hydrogen) atoms. The Morgan fingerprint density at radius 2 is 2.21 bits per heavy atom. The zero-order valence-corrected chi connectivity index (χ0v) is 10.1. The minimum atomic E-state index is -0.524. The SMILES string of the molecule is Cc1cccnc1C(=O)Nc1ccc(F)cc1C#N. The van der Waals surface area contributed by atoms with Crippen molar-refractivity contribution in [1.29, 1.82) is 5.26 Å². The summed E-state index contributed by atoms with van der Waals surface area (Å²) in [5, 5.41) is 11.5. The molecule has 0 unspecified atom stereocenters. The van der Waals surface area contributed by atoms with Crippen molar-refractivity contribution in [3.63, 3.8) is 0 Å². The number of pyridine rings is 1. The van der Waals surface area contributed by atoms with Crippen LogP contribution in [0.3, 0.4) is 0 Å². The molecular formula is C14H10FN3O. The molecule has 4 nitrogen and oxygen atoms in total. The molecule has 0 saturated carbocycles. The number of rotatable bonds is 2. The van der Waals surface area contributed by atoms with Crippen LogP contribution in [-0.4, -0.2) is 10.9 Å². The van der Waals surface area contributed by atoms with E-state index in [9.17, 15) is 9.18 Å². The lowest BCUT2D eigenvalue weighted by Gasteiger charge is -2.08. The van der Waals surface area contributed by atoms with Crippen LogP contribution in [0.1, 0.15) is 21.6 Å². The minimum Gasteiger partial charge on any atom is -0.319 e. The summed E-state index contributed by atoms with van der Waals surface area (Å²) in [6.45, 7) is 1.76. The summed E-state index contributed by atoms with van der Waals surface area (Å²) in [6.07, 6.45) is 1.51. The molecule has 0 aliphatic carbocycles. The first-order valence-corrected chi connectivity index (χ1v) is 5.54. The molecule has 2 rings (SSSR count). The second-order valence-electron chi connectivity index (χ2n) is 3.92. The highest BCUT2D eigenvalue weighted by Gasteiger charge is 2.12. The van der Waals surface area contributed by atoms with Gasteiger partial charge < -0.3 is 5.32 Å². The van der Waals surface area contributed by atoms with Crippen molar-refractivity contribution in [1.82, 2.24) is 4.98 Å². The number of amides is 1. The van der Waals surface area contributed by atoms with E-state index >= 15 is 0 Å². The summed E-state index contributed by atoms with van der Waals surface area (Å²) in [6, 6.07) is 8.93. The molecule has 0 aliphatic rings. The zero-order chi connectivity index (χ0) is 13.8. The second kappa shape index (κ2) is 5.27. The Morgan fingerprint density at radius 1 is 1.42 bits per heavy atom. The van der Waals surface area contributed by atoms with Gasteiger partial charge in [0.2, 0.25) is 0 Å². The van der Waals surface area contributed by atoms with Crippen molar-refractivity contribution < 1.29 is 9.18 Å². The number of hydrogen-bond donors (Lipinski definition) is 1. The molecule has 1 amide bonds. The molecule has 1 aromatic heterocycles. The number of halogens is 1. The summed E-state index contributed by atoms with van der Waals surface area (Å²) in [5.41, 5.74) is 1.33. The number of benzene rings is 1. The molecule has 1 N–H and O–H groups in total. The molecule has 0 bridgehead atoms. The van der Waals surface area contributed by atoms with E-state index in [0.29, 0.717) is 0 Å². The van der Waals surface area contributed by atoms with E-state index in [1.165, 1.54) is 18.3 Å². The summed E-state index contributed by atoms with van der Waals surface area (Å²) in [4.78, 5) is 16.0. The molecular weight excluding hydrogens is 245 g/mol. The van der Waals surface area contributed by atoms with Crippen LogP contribution >= 0.6 is 0 Å². The van der Waals surface area contributed by atoms with E-state index in [4.69, 9.17) is 5.26 Å². The number of hydrogen-bond acceptors (Lipinski definition) is 3. The molecule has 0 fully saturated rings. The monoisotopic (exact) mass is 255 g/mol. The first-order valence-electron chi connectivity index (χ1n) is 5.54. The Morgan fingerprint density at radius 3 is 2.89 bits per heavy atom. The first kappa shape index (κ1) is 12.7. The van der Waals surface area contributed by atoms with Gasteiger partial charge in [0.15, 0.2) is 0 Å². The number of nitrogens with one attached hydrogen (secondary N) is 1. The fourth-order valence-electron chi connectivity index (χ4n) is 1.62. The summed E-state index contributed by atoms with van der Waals surface area (Å²) in [5.74, 6) is -0.954. The number of carbonyl (C=O) groups is 1. The Labute approximate surface area is 109 Å². The van der Waals surface area contributed by atoms with Crippen molar-refractivity contribution in [2.24, 2.45) is 0 Å². The molecule has 1 heterocycles. The van der Waals surface area contributed by atoms with E-state index in [2.05, 4.69) is 10.3 Å². The molecule has 94 valence electrons. The van der Waals surface area contributed by atoms with Gasteiger partial charge in [0, 0.05) is 6.20 Å². The van der Waals surface area contributed by atoms with E-state index in [0.717, 1.165) is 11.6 Å². The van der Waals surface area contributed by atoms with Crippen LogP contribution < -0.4 is 5.32 Å². The van der Waals surface area contributed by atoms with Gasteiger partial charge in [-0.2, -0.15) is 5.26 Å². The number of nitriles is 1. The Kier molecular flexibility index (Phi) is 3.53. The van der Waals surface area contributed by atoms with Crippen LogP contribution in [0, 0.1) is 24.1 Å². The van der Waals surface area contributed by atoms with Crippen molar-refractivity contribution in [3.05, 3.63) is 59.2 Å². The van der Waals surface area contributed by atoms with Gasteiger partial charge in [0.1, 0.15) is 17.6 Å². The Hall–Kier alpha value is -2.74. The quantitative estimate of drug-likeness (QED) is 0.897. The highest BCUT2D eigenvalue weighted by molar-refractivity contribution is 6.04. The zero-order valence-electron chi connectivity index (χ0n) is 10.1. The van der Waals surface area contributed by atoms with Gasteiger partial charge in [-0.1, -0.05) is 6.07 Å². The molecule has 0 saturated heterocycles. The summed E-state index contributed by atoms with van der Waals surface area (Å²) in [7, 11) is 0. The lowest BCUT2D eigenvalue weighted by Crippen LogP contribution is -2.15. The van der Waals surface area contributed by atoms with E-state index in [1.54, 1.807) is 19.1 Å². The predicted molar refractivity (Wildman–Crippen MR) is 68.0 cm³/mol. The van der Waals surface area contributed by atoms with Crippen molar-refractivity contribution in [2.45, 2.75) is 6.92 Å². The smallest absolute Gasteiger partial charge is 0.274 e. The molecule has 5 heteroatoms. The van der Waals surface area contributed by atoms with Crippen LogP contribution in [0.4, 0.5) is 10.1 Å². The fraction of sp³-hybridized carbons (Fsp3) is 0.0714. The van der Waals surface area contributed by atoms with Crippen LogP contribution in [-0.2, 0) is 0 Å². The third kappa shape index (κ3) is 2.75. The molecule has 0 radical (unpaired) electrons. The Bertz CT molecular complexity index is 677. The number of anilines is 1. The van der Waals surface area contributed by atoms with Gasteiger partial charge in [0.05, 0.1) is 11.3 Å². The van der Waals surface area contributed by atoms with Gasteiger partial charge in [0.25, 0.3) is 5.91 Å². The minimum absolute atomic E-state index is 0.0712. The predicted octanol–water partition coefficient (Wildman–Crippen LogP) is 2.65. The number of aryl methyl sites for hydroxylation is 1. The summed E-state index contributed by atoms with van der Waals surface area (Å²) < 4.78 is 13.0. The third-order valence-corrected chi connectivity index (χ3v) is 2.57. The van der Waals surface area contributed by atoms with Crippen molar-refractivity contribution in [3.8, 4) is 6.07 Å². The van der Waals surface area contributed by atoms with Gasteiger partial charge in [-0.05, 0) is 36.8 Å². The van der Waals surface area contributed by atoms with Gasteiger partial charge in [-0.25, -0.2) is 4.39 Å². The maximum Gasteiger partial charge on any atom is 0.274 e. The largest absolute Gasteiger partial charge is 0.319 e. The molecule has 2 aromatic rings. The first-order chi connectivity index (χ1) is 9.11.